The van der Waals surface area contributed by atoms with Crippen molar-refractivity contribution in [1.29, 1.82) is 0 Å². The molecule has 0 spiro atoms. The molecule has 1 aliphatic rings. The maximum atomic E-state index is 5.91. The van der Waals surface area contributed by atoms with Crippen molar-refractivity contribution in [3.8, 4) is 0 Å². The second-order valence-electron chi connectivity index (χ2n) is 4.58. The molecular formula is C13H19BrN2S. The quantitative estimate of drug-likeness (QED) is 0.861. The third-order valence-corrected chi connectivity index (χ3v) is 5.75. The van der Waals surface area contributed by atoms with E-state index in [4.69, 9.17) is 5.73 Å². The molecule has 1 fully saturated rings. The summed E-state index contributed by atoms with van der Waals surface area (Å²) in [6, 6.07) is 4.02. The van der Waals surface area contributed by atoms with Gasteiger partial charge in [0, 0.05) is 15.9 Å². The van der Waals surface area contributed by atoms with Gasteiger partial charge in [-0.25, -0.2) is 4.98 Å². The van der Waals surface area contributed by atoms with Crippen molar-refractivity contribution in [2.45, 2.75) is 42.4 Å². The second kappa shape index (κ2) is 6.76. The van der Waals surface area contributed by atoms with Gasteiger partial charge in [-0.2, -0.15) is 0 Å². The van der Waals surface area contributed by atoms with Gasteiger partial charge in [-0.05, 0) is 53.4 Å². The zero-order valence-electron chi connectivity index (χ0n) is 9.94. The molecule has 2 atom stereocenters. The smallest absolute Gasteiger partial charge is 0.110 e. The zero-order chi connectivity index (χ0) is 12.1. The summed E-state index contributed by atoms with van der Waals surface area (Å²) in [4.78, 5) is 4.45. The number of rotatable bonds is 3. The van der Waals surface area contributed by atoms with Crippen molar-refractivity contribution >= 4 is 27.7 Å². The predicted molar refractivity (Wildman–Crippen MR) is 77.2 cm³/mol. The van der Waals surface area contributed by atoms with Crippen molar-refractivity contribution < 1.29 is 0 Å². The summed E-state index contributed by atoms with van der Waals surface area (Å²) in [5.74, 6) is 0.649. The van der Waals surface area contributed by atoms with Crippen LogP contribution in [-0.4, -0.2) is 16.8 Å². The summed E-state index contributed by atoms with van der Waals surface area (Å²) in [6.45, 7) is 0.808. The van der Waals surface area contributed by atoms with Crippen LogP contribution in [0.1, 0.15) is 32.1 Å². The average Bonchev–Trinajstić information content (AvgIpc) is 2.57. The van der Waals surface area contributed by atoms with Crippen LogP contribution in [-0.2, 0) is 0 Å². The van der Waals surface area contributed by atoms with Crippen molar-refractivity contribution in [2.24, 2.45) is 11.7 Å². The molecular weight excluding hydrogens is 296 g/mol. The Kier molecular flexibility index (Phi) is 5.32. The number of nitrogens with zero attached hydrogens (tertiary/aromatic N) is 1. The summed E-state index contributed by atoms with van der Waals surface area (Å²) in [5.41, 5.74) is 5.91. The molecule has 94 valence electrons. The van der Waals surface area contributed by atoms with Crippen LogP contribution in [0.4, 0.5) is 0 Å². The fourth-order valence-corrected chi connectivity index (χ4v) is 4.23. The molecule has 0 aromatic carbocycles. The first-order valence-electron chi connectivity index (χ1n) is 6.28. The number of hydrogen-bond acceptors (Lipinski definition) is 3. The van der Waals surface area contributed by atoms with E-state index in [1.165, 1.54) is 32.1 Å². The summed E-state index contributed by atoms with van der Waals surface area (Å²) in [5, 5.41) is 1.74. The van der Waals surface area contributed by atoms with Gasteiger partial charge in [0.2, 0.25) is 0 Å². The molecule has 0 saturated heterocycles. The molecule has 4 heteroatoms. The molecule has 17 heavy (non-hydrogen) atoms. The largest absolute Gasteiger partial charge is 0.330 e. The van der Waals surface area contributed by atoms with E-state index < -0.39 is 0 Å². The molecule has 0 radical (unpaired) electrons. The van der Waals surface area contributed by atoms with Gasteiger partial charge in [0.1, 0.15) is 5.03 Å². The highest BCUT2D eigenvalue weighted by Gasteiger charge is 2.24. The molecule has 1 aliphatic carbocycles. The third-order valence-electron chi connectivity index (χ3n) is 3.38. The molecule has 1 heterocycles. The van der Waals surface area contributed by atoms with Gasteiger partial charge in [0.15, 0.2) is 0 Å². The van der Waals surface area contributed by atoms with Gasteiger partial charge < -0.3 is 5.73 Å². The lowest BCUT2D eigenvalue weighted by molar-refractivity contribution is 0.483. The number of nitrogens with two attached hydrogens (primary N) is 1. The van der Waals surface area contributed by atoms with Crippen LogP contribution >= 0.6 is 27.7 Å². The van der Waals surface area contributed by atoms with Crippen LogP contribution in [0.15, 0.2) is 27.8 Å². The first-order valence-corrected chi connectivity index (χ1v) is 7.95. The normalized spacial score (nSPS) is 25.5. The zero-order valence-corrected chi connectivity index (χ0v) is 12.3. The number of halogens is 1. The van der Waals surface area contributed by atoms with Gasteiger partial charge in [-0.3, -0.25) is 0 Å². The van der Waals surface area contributed by atoms with Crippen LogP contribution in [0.5, 0.6) is 0 Å². The summed E-state index contributed by atoms with van der Waals surface area (Å²) in [7, 11) is 0. The lowest BCUT2D eigenvalue weighted by atomic mass is 10.0. The fraction of sp³-hybridized carbons (Fsp3) is 0.615. The Hall–Kier alpha value is -0.0600. The minimum atomic E-state index is 0.633. The van der Waals surface area contributed by atoms with Crippen molar-refractivity contribution in [3.63, 3.8) is 0 Å². The molecule has 1 aromatic heterocycles. The molecule has 0 amide bonds. The summed E-state index contributed by atoms with van der Waals surface area (Å²) in [6.07, 6.45) is 8.44. The van der Waals surface area contributed by atoms with Crippen LogP contribution in [0.25, 0.3) is 0 Å². The van der Waals surface area contributed by atoms with Crippen LogP contribution in [0, 0.1) is 5.92 Å². The van der Waals surface area contributed by atoms with E-state index in [1.54, 1.807) is 0 Å². The first kappa shape index (κ1) is 13.4. The molecule has 1 saturated carbocycles. The maximum absolute atomic E-state index is 5.91. The highest BCUT2D eigenvalue weighted by Crippen LogP contribution is 2.37. The summed E-state index contributed by atoms with van der Waals surface area (Å²) >= 11 is 5.47. The molecule has 1 aromatic rings. The monoisotopic (exact) mass is 314 g/mol. The second-order valence-corrected chi connectivity index (χ2v) is 6.66. The van der Waals surface area contributed by atoms with E-state index in [0.29, 0.717) is 11.2 Å². The van der Waals surface area contributed by atoms with Crippen molar-refractivity contribution in [3.05, 3.63) is 22.8 Å². The Labute approximate surface area is 116 Å². The van der Waals surface area contributed by atoms with Gasteiger partial charge in [-0.15, -0.1) is 11.8 Å². The highest BCUT2D eigenvalue weighted by atomic mass is 79.9. The summed E-state index contributed by atoms with van der Waals surface area (Å²) < 4.78 is 1.10. The van der Waals surface area contributed by atoms with Crippen molar-refractivity contribution in [2.75, 3.05) is 6.54 Å². The fourth-order valence-electron chi connectivity index (χ4n) is 2.38. The van der Waals surface area contributed by atoms with Gasteiger partial charge in [0.25, 0.3) is 0 Å². The van der Waals surface area contributed by atoms with E-state index in [2.05, 4.69) is 27.0 Å². The van der Waals surface area contributed by atoms with Gasteiger partial charge in [0.05, 0.1) is 0 Å². The highest BCUT2D eigenvalue weighted by molar-refractivity contribution is 9.10. The standard InChI is InChI=1S/C13H19BrN2S/c14-11-6-4-8-16-13(11)17-12-7-3-1-2-5-10(12)9-15/h4,6,8,10,12H,1-3,5,7,9,15H2. The van der Waals surface area contributed by atoms with E-state index in [-0.39, 0.29) is 0 Å². The SMILES string of the molecule is NCC1CCCCCC1Sc1ncccc1Br. The molecule has 0 aliphatic heterocycles. The Balaban J connectivity index is 2.07. The lowest BCUT2D eigenvalue weighted by Crippen LogP contribution is -2.24. The van der Waals surface area contributed by atoms with Gasteiger partial charge in [-0.1, -0.05) is 19.3 Å². The Morgan fingerprint density at radius 1 is 1.35 bits per heavy atom. The first-order chi connectivity index (χ1) is 8.31. The van der Waals surface area contributed by atoms with E-state index in [0.717, 1.165) is 16.0 Å². The minimum Gasteiger partial charge on any atom is -0.330 e. The van der Waals surface area contributed by atoms with Crippen LogP contribution < -0.4 is 5.73 Å². The number of aromatic nitrogens is 1. The van der Waals surface area contributed by atoms with Gasteiger partial charge >= 0.3 is 0 Å². The van der Waals surface area contributed by atoms with Crippen LogP contribution in [0.2, 0.25) is 0 Å². The number of pyridine rings is 1. The Morgan fingerprint density at radius 2 is 2.18 bits per heavy atom. The maximum Gasteiger partial charge on any atom is 0.110 e. The lowest BCUT2D eigenvalue weighted by Gasteiger charge is -2.23. The van der Waals surface area contributed by atoms with E-state index in [9.17, 15) is 0 Å². The number of hydrogen-bond donors (Lipinski definition) is 1. The Bertz CT molecular complexity index is 359. The van der Waals surface area contributed by atoms with Crippen LogP contribution in [0.3, 0.4) is 0 Å². The Morgan fingerprint density at radius 3 is 2.94 bits per heavy atom. The molecule has 2 nitrogen and oxygen atoms in total. The third kappa shape index (κ3) is 3.70. The topological polar surface area (TPSA) is 38.9 Å². The van der Waals surface area contributed by atoms with E-state index in [1.807, 2.05) is 24.0 Å². The predicted octanol–water partition coefficient (Wildman–Crippen LogP) is 3.84. The molecule has 2 rings (SSSR count). The van der Waals surface area contributed by atoms with E-state index >= 15 is 0 Å². The number of thioether (sulfide) groups is 1. The molecule has 2 N–H and O–H groups in total. The van der Waals surface area contributed by atoms with Crippen molar-refractivity contribution in [1.82, 2.24) is 4.98 Å². The average molecular weight is 315 g/mol. The minimum absolute atomic E-state index is 0.633. The molecule has 0 bridgehead atoms. The molecule has 2 unspecified atom stereocenters.